The van der Waals surface area contributed by atoms with E-state index in [-0.39, 0.29) is 6.04 Å². The first kappa shape index (κ1) is 11.5. The van der Waals surface area contributed by atoms with E-state index in [1.165, 1.54) is 6.33 Å². The summed E-state index contributed by atoms with van der Waals surface area (Å²) in [5.74, 6) is 0.319. The van der Waals surface area contributed by atoms with Crippen LogP contribution in [0.3, 0.4) is 0 Å². The van der Waals surface area contributed by atoms with Crippen molar-refractivity contribution in [1.29, 1.82) is 0 Å². The minimum absolute atomic E-state index is 0.195. The third kappa shape index (κ3) is 1.85. The summed E-state index contributed by atoms with van der Waals surface area (Å²) in [5, 5.41) is 12.4. The van der Waals surface area contributed by atoms with Gasteiger partial charge in [0.15, 0.2) is 5.65 Å². The number of aryl methyl sites for hydroxylation is 1. The molecule has 2 unspecified atom stereocenters. The maximum Gasteiger partial charge on any atom is 0.199 e. The van der Waals surface area contributed by atoms with E-state index in [1.807, 2.05) is 7.05 Å². The maximum absolute atomic E-state index is 6.08. The first-order valence-corrected chi connectivity index (χ1v) is 6.09. The number of nitrogens with two attached hydrogens (primary N) is 1. The fraction of sp³-hybridized carbons (Fsp3) is 0.636. The predicted molar refractivity (Wildman–Crippen MR) is 66.9 cm³/mol. The van der Waals surface area contributed by atoms with Gasteiger partial charge in [-0.25, -0.2) is 9.67 Å². The van der Waals surface area contributed by atoms with Gasteiger partial charge in [0.05, 0.1) is 5.69 Å². The van der Waals surface area contributed by atoms with Gasteiger partial charge in [0.25, 0.3) is 0 Å². The first-order valence-electron chi connectivity index (χ1n) is 6.09. The van der Waals surface area contributed by atoms with Crippen molar-refractivity contribution < 1.29 is 0 Å². The SMILES string of the molecule is CN1CC(N)CC(c2nn(C)c3nncnc23)C1. The Labute approximate surface area is 105 Å². The Morgan fingerprint density at radius 3 is 2.94 bits per heavy atom. The minimum atomic E-state index is 0.195. The normalized spacial score (nSPS) is 25.7. The van der Waals surface area contributed by atoms with Crippen molar-refractivity contribution in [3.05, 3.63) is 12.0 Å². The van der Waals surface area contributed by atoms with Gasteiger partial charge in [0, 0.05) is 32.1 Å². The molecule has 1 aliphatic heterocycles. The molecule has 2 atom stereocenters. The number of hydrogen-bond donors (Lipinski definition) is 1. The third-order valence-electron chi connectivity index (χ3n) is 3.46. The molecule has 0 saturated carbocycles. The quantitative estimate of drug-likeness (QED) is 0.731. The van der Waals surface area contributed by atoms with E-state index < -0.39 is 0 Å². The molecule has 0 amide bonds. The number of hydrogen-bond acceptors (Lipinski definition) is 6. The van der Waals surface area contributed by atoms with Gasteiger partial charge in [-0.3, -0.25) is 0 Å². The van der Waals surface area contributed by atoms with Crippen LogP contribution < -0.4 is 5.73 Å². The van der Waals surface area contributed by atoms with Crippen LogP contribution in [0.15, 0.2) is 6.33 Å². The van der Waals surface area contributed by atoms with Gasteiger partial charge in [-0.1, -0.05) is 0 Å². The molecule has 3 rings (SSSR count). The summed E-state index contributed by atoms with van der Waals surface area (Å²) in [6.45, 7) is 1.90. The Morgan fingerprint density at radius 2 is 2.17 bits per heavy atom. The lowest BCUT2D eigenvalue weighted by Crippen LogP contribution is -2.44. The van der Waals surface area contributed by atoms with Crippen LogP contribution in [0.4, 0.5) is 0 Å². The van der Waals surface area contributed by atoms with Crippen LogP contribution in [0.2, 0.25) is 0 Å². The van der Waals surface area contributed by atoms with Gasteiger partial charge in [0.2, 0.25) is 0 Å². The van der Waals surface area contributed by atoms with Crippen molar-refractivity contribution in [1.82, 2.24) is 29.9 Å². The van der Waals surface area contributed by atoms with Crippen molar-refractivity contribution >= 4 is 11.2 Å². The standard InChI is InChI=1S/C11H17N7/c1-17-4-7(3-8(12)5-17)9-10-11(18(2)16-9)15-14-6-13-10/h6-8H,3-5,12H2,1-2H3. The minimum Gasteiger partial charge on any atom is -0.327 e. The van der Waals surface area contributed by atoms with Crippen LogP contribution in [0.5, 0.6) is 0 Å². The number of likely N-dealkylation sites (tertiary alicyclic amines) is 1. The number of piperidine rings is 1. The summed E-state index contributed by atoms with van der Waals surface area (Å²) in [7, 11) is 3.96. The van der Waals surface area contributed by atoms with Gasteiger partial charge in [-0.05, 0) is 13.5 Å². The Hall–Kier alpha value is -1.60. The summed E-state index contributed by atoms with van der Waals surface area (Å²) in [6.07, 6.45) is 2.42. The Morgan fingerprint density at radius 1 is 1.33 bits per heavy atom. The second-order valence-electron chi connectivity index (χ2n) is 5.06. The molecule has 1 saturated heterocycles. The molecule has 2 aromatic rings. The number of nitrogens with zero attached hydrogens (tertiary/aromatic N) is 6. The smallest absolute Gasteiger partial charge is 0.199 e. The van der Waals surface area contributed by atoms with E-state index in [0.717, 1.165) is 36.4 Å². The largest absolute Gasteiger partial charge is 0.327 e. The molecule has 1 fully saturated rings. The van der Waals surface area contributed by atoms with Crippen LogP contribution in [-0.4, -0.2) is 56.0 Å². The zero-order chi connectivity index (χ0) is 12.7. The highest BCUT2D eigenvalue weighted by Crippen LogP contribution is 2.28. The van der Waals surface area contributed by atoms with Gasteiger partial charge in [-0.2, -0.15) is 5.10 Å². The van der Waals surface area contributed by atoms with E-state index in [1.54, 1.807) is 4.68 Å². The highest BCUT2D eigenvalue weighted by Gasteiger charge is 2.28. The Bertz CT molecular complexity index is 554. The average Bonchev–Trinajstić information content (AvgIpc) is 2.66. The molecule has 0 bridgehead atoms. The second-order valence-corrected chi connectivity index (χ2v) is 5.06. The van der Waals surface area contributed by atoms with Crippen LogP contribution in [0.1, 0.15) is 18.0 Å². The molecule has 0 radical (unpaired) electrons. The van der Waals surface area contributed by atoms with Gasteiger partial charge < -0.3 is 10.6 Å². The first-order chi connectivity index (χ1) is 8.65. The van der Waals surface area contributed by atoms with E-state index in [9.17, 15) is 0 Å². The molecule has 0 aromatic carbocycles. The van der Waals surface area contributed by atoms with Crippen molar-refractivity contribution in [3.63, 3.8) is 0 Å². The summed E-state index contributed by atoms with van der Waals surface area (Å²) in [4.78, 5) is 6.55. The summed E-state index contributed by atoms with van der Waals surface area (Å²) in [6, 6.07) is 0.195. The molecule has 96 valence electrons. The molecule has 0 aliphatic carbocycles. The third-order valence-corrected chi connectivity index (χ3v) is 3.46. The molecule has 2 N–H and O–H groups in total. The Balaban J connectivity index is 2.03. The van der Waals surface area contributed by atoms with E-state index >= 15 is 0 Å². The average molecular weight is 247 g/mol. The zero-order valence-electron chi connectivity index (χ0n) is 10.6. The van der Waals surface area contributed by atoms with Crippen LogP contribution in [0.25, 0.3) is 11.2 Å². The van der Waals surface area contributed by atoms with Gasteiger partial charge in [0.1, 0.15) is 11.8 Å². The maximum atomic E-state index is 6.08. The molecule has 2 aromatic heterocycles. The van der Waals surface area contributed by atoms with Crippen molar-refractivity contribution in [2.24, 2.45) is 12.8 Å². The molecular formula is C11H17N7. The molecule has 7 heteroatoms. The van der Waals surface area contributed by atoms with Crippen LogP contribution in [-0.2, 0) is 7.05 Å². The lowest BCUT2D eigenvalue weighted by Gasteiger charge is -2.32. The molecule has 0 spiro atoms. The number of likely N-dealkylation sites (N-methyl/N-ethyl adjacent to an activating group) is 1. The topological polar surface area (TPSA) is 85.8 Å². The summed E-state index contributed by atoms with van der Waals surface area (Å²) in [5.41, 5.74) is 8.65. The summed E-state index contributed by atoms with van der Waals surface area (Å²) < 4.78 is 1.74. The fourth-order valence-corrected chi connectivity index (χ4v) is 2.76. The molecule has 3 heterocycles. The number of fused-ring (bicyclic) bond motifs is 1. The van der Waals surface area contributed by atoms with E-state index in [0.29, 0.717) is 5.92 Å². The van der Waals surface area contributed by atoms with Crippen LogP contribution >= 0.6 is 0 Å². The Kier molecular flexibility index (Phi) is 2.71. The van der Waals surface area contributed by atoms with Gasteiger partial charge in [-0.15, -0.1) is 10.2 Å². The number of aromatic nitrogens is 5. The lowest BCUT2D eigenvalue weighted by molar-refractivity contribution is 0.225. The van der Waals surface area contributed by atoms with Crippen molar-refractivity contribution in [2.75, 3.05) is 20.1 Å². The predicted octanol–water partition coefficient (Wildman–Crippen LogP) is -0.495. The molecule has 7 nitrogen and oxygen atoms in total. The number of rotatable bonds is 1. The second kappa shape index (κ2) is 4.25. The van der Waals surface area contributed by atoms with Gasteiger partial charge >= 0.3 is 0 Å². The van der Waals surface area contributed by atoms with Crippen LogP contribution in [0, 0.1) is 0 Å². The highest BCUT2D eigenvalue weighted by molar-refractivity contribution is 5.73. The van der Waals surface area contributed by atoms with Crippen molar-refractivity contribution in [2.45, 2.75) is 18.4 Å². The van der Waals surface area contributed by atoms with E-state index in [4.69, 9.17) is 5.73 Å². The molecule has 18 heavy (non-hydrogen) atoms. The lowest BCUT2D eigenvalue weighted by atomic mass is 9.92. The highest BCUT2D eigenvalue weighted by atomic mass is 15.3. The molecular weight excluding hydrogens is 230 g/mol. The van der Waals surface area contributed by atoms with Crippen molar-refractivity contribution in [3.8, 4) is 0 Å². The fourth-order valence-electron chi connectivity index (χ4n) is 2.76. The molecule has 1 aliphatic rings. The summed E-state index contributed by atoms with van der Waals surface area (Å²) >= 11 is 0. The van der Waals surface area contributed by atoms with E-state index in [2.05, 4.69) is 32.2 Å². The monoisotopic (exact) mass is 247 g/mol. The zero-order valence-corrected chi connectivity index (χ0v) is 10.6.